The van der Waals surface area contributed by atoms with E-state index >= 15 is 0 Å². The van der Waals surface area contributed by atoms with Crippen LogP contribution < -0.4 is 10.6 Å². The van der Waals surface area contributed by atoms with Gasteiger partial charge in [-0.05, 0) is 57.4 Å². The lowest BCUT2D eigenvalue weighted by Crippen LogP contribution is -2.39. The van der Waals surface area contributed by atoms with Gasteiger partial charge in [0.2, 0.25) is 5.91 Å². The fourth-order valence-electron chi connectivity index (χ4n) is 4.03. The molecule has 0 radical (unpaired) electrons. The molecular formula is C26H34N4O4S2. The van der Waals surface area contributed by atoms with E-state index in [0.29, 0.717) is 45.6 Å². The van der Waals surface area contributed by atoms with E-state index in [2.05, 4.69) is 35.8 Å². The zero-order chi connectivity index (χ0) is 25.9. The Kier molecular flexibility index (Phi) is 8.29. The van der Waals surface area contributed by atoms with Crippen LogP contribution in [-0.2, 0) is 27.2 Å². The van der Waals surface area contributed by atoms with Crippen molar-refractivity contribution in [3.8, 4) is 10.6 Å². The summed E-state index contributed by atoms with van der Waals surface area (Å²) in [5.41, 5.74) is 3.71. The van der Waals surface area contributed by atoms with Crippen molar-refractivity contribution in [1.29, 1.82) is 0 Å². The summed E-state index contributed by atoms with van der Waals surface area (Å²) in [6.45, 7) is 10.6. The van der Waals surface area contributed by atoms with Gasteiger partial charge in [0.05, 0.1) is 23.4 Å². The Morgan fingerprint density at radius 1 is 1.19 bits per heavy atom. The highest BCUT2D eigenvalue weighted by Gasteiger charge is 2.31. The van der Waals surface area contributed by atoms with Gasteiger partial charge in [-0.25, -0.2) is 9.78 Å². The summed E-state index contributed by atoms with van der Waals surface area (Å²) < 4.78 is 11.7. The van der Waals surface area contributed by atoms with Crippen LogP contribution in [0.5, 0.6) is 0 Å². The number of hydrogen-bond acceptors (Lipinski definition) is 8. The lowest BCUT2D eigenvalue weighted by atomic mass is 10.0. The van der Waals surface area contributed by atoms with Crippen LogP contribution in [-0.4, -0.2) is 60.8 Å². The molecule has 4 rings (SSSR count). The Balaban J connectivity index is 1.61. The topological polar surface area (TPSA) is 92.8 Å². The second-order valence-corrected chi connectivity index (χ2v) is 12.0. The Morgan fingerprint density at radius 2 is 2.00 bits per heavy atom. The number of rotatable bonds is 8. The molecule has 0 spiro atoms. The summed E-state index contributed by atoms with van der Waals surface area (Å²) in [4.78, 5) is 33.3. The van der Waals surface area contributed by atoms with Crippen molar-refractivity contribution < 1.29 is 19.1 Å². The summed E-state index contributed by atoms with van der Waals surface area (Å²) >= 11 is 3.16. The molecule has 2 aromatic heterocycles. The van der Waals surface area contributed by atoms with Gasteiger partial charge in [0, 0.05) is 43.6 Å². The van der Waals surface area contributed by atoms with Gasteiger partial charge in [-0.2, -0.15) is 0 Å². The van der Waals surface area contributed by atoms with Crippen LogP contribution in [0.4, 0.5) is 9.80 Å². The first kappa shape index (κ1) is 26.5. The number of nitrogens with one attached hydrogen (secondary N) is 2. The highest BCUT2D eigenvalue weighted by Crippen LogP contribution is 2.46. The van der Waals surface area contributed by atoms with Crippen molar-refractivity contribution in [3.63, 3.8) is 0 Å². The standard InChI is InChI=1S/C26H34N4O4S2/c1-16-6-7-19-18(14-16)28-23(35-19)22-17-9-12-30(25(32)34-26(2,3)4)15-20(17)36-24(22)29-21(31)8-10-27-11-13-33-5/h6-7,14,27H,8-13,15H2,1-5H3,(H,29,31). The Labute approximate surface area is 220 Å². The van der Waals surface area contributed by atoms with Crippen LogP contribution in [0.3, 0.4) is 0 Å². The van der Waals surface area contributed by atoms with E-state index in [1.165, 1.54) is 11.3 Å². The molecule has 0 saturated carbocycles. The maximum absolute atomic E-state index is 12.8. The van der Waals surface area contributed by atoms with Crippen LogP contribution in [0, 0.1) is 6.92 Å². The second kappa shape index (κ2) is 11.2. The quantitative estimate of drug-likeness (QED) is 0.390. The number of hydrogen-bond donors (Lipinski definition) is 2. The van der Waals surface area contributed by atoms with Crippen molar-refractivity contribution in [3.05, 3.63) is 34.2 Å². The highest BCUT2D eigenvalue weighted by atomic mass is 32.1. The van der Waals surface area contributed by atoms with E-state index in [1.54, 1.807) is 23.3 Å². The fraction of sp³-hybridized carbons (Fsp3) is 0.500. The van der Waals surface area contributed by atoms with Gasteiger partial charge in [-0.1, -0.05) is 6.07 Å². The molecule has 0 bridgehead atoms. The molecule has 0 unspecified atom stereocenters. The van der Waals surface area contributed by atoms with Gasteiger partial charge in [0.25, 0.3) is 0 Å². The van der Waals surface area contributed by atoms with Gasteiger partial charge < -0.3 is 25.0 Å². The maximum Gasteiger partial charge on any atom is 0.410 e. The summed E-state index contributed by atoms with van der Waals surface area (Å²) in [5, 5.41) is 8.03. The Hall–Kier alpha value is -2.53. The molecule has 1 aromatic carbocycles. The van der Waals surface area contributed by atoms with Crippen LogP contribution >= 0.6 is 22.7 Å². The summed E-state index contributed by atoms with van der Waals surface area (Å²) in [6, 6.07) is 6.27. The van der Waals surface area contributed by atoms with E-state index < -0.39 is 5.60 Å². The molecular weight excluding hydrogens is 496 g/mol. The van der Waals surface area contributed by atoms with Crippen molar-refractivity contribution in [2.45, 2.75) is 52.7 Å². The zero-order valence-corrected chi connectivity index (χ0v) is 23.2. The number of thiazole rings is 1. The lowest BCUT2D eigenvalue weighted by molar-refractivity contribution is -0.116. The summed E-state index contributed by atoms with van der Waals surface area (Å²) in [7, 11) is 1.65. The molecule has 8 nitrogen and oxygen atoms in total. The van der Waals surface area contributed by atoms with Gasteiger partial charge in [-0.15, -0.1) is 22.7 Å². The number of ether oxygens (including phenoxy) is 2. The minimum atomic E-state index is -0.548. The third-order valence-electron chi connectivity index (χ3n) is 5.73. The number of carbonyl (C=O) groups excluding carboxylic acids is 2. The SMILES string of the molecule is COCCNCCC(=O)Nc1sc2c(c1-c1nc3cc(C)ccc3s1)CCN(C(=O)OC(C)(C)C)C2. The molecule has 0 fully saturated rings. The number of anilines is 1. The second-order valence-electron chi connectivity index (χ2n) is 9.89. The predicted molar refractivity (Wildman–Crippen MR) is 146 cm³/mol. The molecule has 3 heterocycles. The number of methoxy groups -OCH3 is 1. The Bertz CT molecular complexity index is 1240. The molecule has 10 heteroatoms. The molecule has 0 aliphatic carbocycles. The van der Waals surface area contributed by atoms with Crippen molar-refractivity contribution in [2.75, 3.05) is 38.7 Å². The molecule has 0 atom stereocenters. The van der Waals surface area contributed by atoms with Crippen molar-refractivity contribution in [2.24, 2.45) is 0 Å². The molecule has 1 aliphatic rings. The molecule has 194 valence electrons. The summed E-state index contributed by atoms with van der Waals surface area (Å²) in [5.74, 6) is -0.0549. The molecule has 3 aromatic rings. The molecule has 1 aliphatic heterocycles. The number of aromatic nitrogens is 1. The van der Waals surface area contributed by atoms with Gasteiger partial charge >= 0.3 is 6.09 Å². The number of thiophene rings is 1. The van der Waals surface area contributed by atoms with Gasteiger partial charge in [0.15, 0.2) is 0 Å². The van der Waals surface area contributed by atoms with Crippen LogP contribution in [0.1, 0.15) is 43.2 Å². The molecule has 36 heavy (non-hydrogen) atoms. The number of benzene rings is 1. The number of aryl methyl sites for hydroxylation is 1. The maximum atomic E-state index is 12.8. The van der Waals surface area contributed by atoms with Crippen LogP contribution in [0.15, 0.2) is 18.2 Å². The van der Waals surface area contributed by atoms with E-state index in [-0.39, 0.29) is 12.0 Å². The van der Waals surface area contributed by atoms with E-state index in [9.17, 15) is 9.59 Å². The lowest BCUT2D eigenvalue weighted by Gasteiger charge is -2.30. The first-order valence-corrected chi connectivity index (χ1v) is 13.8. The third-order valence-corrected chi connectivity index (χ3v) is 7.92. The van der Waals surface area contributed by atoms with Crippen molar-refractivity contribution >= 4 is 49.9 Å². The number of nitrogens with zero attached hydrogens (tertiary/aromatic N) is 2. The van der Waals surface area contributed by atoms with Crippen LogP contribution in [0.25, 0.3) is 20.8 Å². The molecule has 2 N–H and O–H groups in total. The van der Waals surface area contributed by atoms with Gasteiger partial charge in [-0.3, -0.25) is 4.79 Å². The van der Waals surface area contributed by atoms with Crippen LogP contribution in [0.2, 0.25) is 0 Å². The largest absolute Gasteiger partial charge is 0.444 e. The summed E-state index contributed by atoms with van der Waals surface area (Å²) in [6.07, 6.45) is 0.727. The smallest absolute Gasteiger partial charge is 0.410 e. The van der Waals surface area contributed by atoms with E-state index in [4.69, 9.17) is 14.5 Å². The first-order valence-electron chi connectivity index (χ1n) is 12.1. The van der Waals surface area contributed by atoms with E-state index in [1.807, 2.05) is 20.8 Å². The van der Waals surface area contributed by atoms with Gasteiger partial charge in [0.1, 0.15) is 15.6 Å². The average Bonchev–Trinajstić information content (AvgIpc) is 3.37. The minimum Gasteiger partial charge on any atom is -0.444 e. The van der Waals surface area contributed by atoms with E-state index in [0.717, 1.165) is 41.8 Å². The number of amides is 2. The predicted octanol–water partition coefficient (Wildman–Crippen LogP) is 5.19. The zero-order valence-electron chi connectivity index (χ0n) is 21.5. The minimum absolute atomic E-state index is 0.0549. The fourth-order valence-corrected chi connectivity index (χ4v) is 6.41. The number of fused-ring (bicyclic) bond motifs is 2. The number of carbonyl (C=O) groups is 2. The molecule has 0 saturated heterocycles. The highest BCUT2D eigenvalue weighted by molar-refractivity contribution is 7.23. The Morgan fingerprint density at radius 3 is 2.75 bits per heavy atom. The van der Waals surface area contributed by atoms with Crippen molar-refractivity contribution in [1.82, 2.24) is 15.2 Å². The molecule has 2 amide bonds. The average molecular weight is 531 g/mol. The first-order chi connectivity index (χ1) is 17.1. The normalized spacial score (nSPS) is 13.6. The monoisotopic (exact) mass is 530 g/mol. The third kappa shape index (κ3) is 6.42.